The lowest BCUT2D eigenvalue weighted by Crippen LogP contribution is -2.27. The number of aryl methyl sites for hydroxylation is 2. The Morgan fingerprint density at radius 3 is 2.35 bits per heavy atom. The number of rotatable bonds is 3. The quantitative estimate of drug-likeness (QED) is 0.837. The van der Waals surface area contributed by atoms with Crippen LogP contribution in [-0.4, -0.2) is 7.05 Å². The predicted octanol–water partition coefficient (Wildman–Crippen LogP) is 4.45. The molecular formula is C15H25NS. The zero-order chi connectivity index (χ0) is 12.4. The second kappa shape index (κ2) is 5.53. The topological polar surface area (TPSA) is 12.0 Å². The van der Waals surface area contributed by atoms with Crippen LogP contribution in [0.2, 0.25) is 0 Å². The largest absolute Gasteiger partial charge is 0.312 e. The maximum Gasteiger partial charge on any atom is 0.0441 e. The van der Waals surface area contributed by atoms with E-state index in [1.54, 1.807) is 4.88 Å². The molecule has 1 fully saturated rings. The van der Waals surface area contributed by atoms with E-state index in [-0.39, 0.29) is 0 Å². The molecule has 1 saturated carbocycles. The molecule has 17 heavy (non-hydrogen) atoms. The fourth-order valence-corrected chi connectivity index (χ4v) is 4.23. The average molecular weight is 251 g/mol. The number of nitrogens with one attached hydrogen (secondary N) is 1. The van der Waals surface area contributed by atoms with Gasteiger partial charge in [0.2, 0.25) is 0 Å². The highest BCUT2D eigenvalue weighted by atomic mass is 32.1. The lowest BCUT2D eigenvalue weighted by molar-refractivity contribution is 0.240. The zero-order valence-corrected chi connectivity index (χ0v) is 12.4. The first-order valence-corrected chi connectivity index (χ1v) is 7.67. The minimum absolute atomic E-state index is 0.583. The van der Waals surface area contributed by atoms with Crippen molar-refractivity contribution in [3.05, 3.63) is 21.4 Å². The molecule has 1 unspecified atom stereocenters. The third-order valence-corrected chi connectivity index (χ3v) is 5.57. The summed E-state index contributed by atoms with van der Waals surface area (Å²) in [6, 6.07) is 2.97. The number of thiophene rings is 1. The van der Waals surface area contributed by atoms with Crippen LogP contribution in [0.4, 0.5) is 0 Å². The van der Waals surface area contributed by atoms with Gasteiger partial charge in [0.1, 0.15) is 0 Å². The minimum atomic E-state index is 0.583. The molecule has 0 radical (unpaired) electrons. The van der Waals surface area contributed by atoms with Gasteiger partial charge in [-0.15, -0.1) is 11.3 Å². The van der Waals surface area contributed by atoms with Crippen molar-refractivity contribution in [3.8, 4) is 0 Å². The Morgan fingerprint density at radius 1 is 1.24 bits per heavy atom. The van der Waals surface area contributed by atoms with E-state index >= 15 is 0 Å². The van der Waals surface area contributed by atoms with Crippen LogP contribution in [0, 0.1) is 25.7 Å². The smallest absolute Gasteiger partial charge is 0.0441 e. The van der Waals surface area contributed by atoms with Gasteiger partial charge in [0, 0.05) is 15.8 Å². The van der Waals surface area contributed by atoms with Gasteiger partial charge < -0.3 is 5.32 Å². The van der Waals surface area contributed by atoms with Crippen LogP contribution in [0.15, 0.2) is 6.07 Å². The van der Waals surface area contributed by atoms with Gasteiger partial charge >= 0.3 is 0 Å². The first-order valence-electron chi connectivity index (χ1n) is 6.86. The minimum Gasteiger partial charge on any atom is -0.312 e. The van der Waals surface area contributed by atoms with Crippen molar-refractivity contribution in [1.29, 1.82) is 0 Å². The molecule has 1 aromatic heterocycles. The predicted molar refractivity (Wildman–Crippen MR) is 76.7 cm³/mol. The molecule has 2 heteroatoms. The van der Waals surface area contributed by atoms with Crippen LogP contribution in [0.5, 0.6) is 0 Å². The molecule has 0 saturated heterocycles. The Balaban J connectivity index is 2.10. The van der Waals surface area contributed by atoms with E-state index in [0.717, 1.165) is 11.8 Å². The summed E-state index contributed by atoms with van der Waals surface area (Å²) in [5.41, 5.74) is 1.45. The van der Waals surface area contributed by atoms with Crippen LogP contribution < -0.4 is 5.32 Å². The lowest BCUT2D eigenvalue weighted by Gasteiger charge is -2.32. The van der Waals surface area contributed by atoms with Crippen LogP contribution >= 0.6 is 11.3 Å². The molecular weight excluding hydrogens is 226 g/mol. The molecule has 1 N–H and O–H groups in total. The Bertz CT molecular complexity index is 341. The highest BCUT2D eigenvalue weighted by Gasteiger charge is 2.27. The SMILES string of the molecule is CNC(c1cc(C)c(C)s1)C1CCC(C)CC1. The van der Waals surface area contributed by atoms with Gasteiger partial charge in [-0.05, 0) is 57.2 Å². The molecule has 1 atom stereocenters. The third-order valence-electron chi connectivity index (χ3n) is 4.33. The van der Waals surface area contributed by atoms with Crippen LogP contribution in [0.25, 0.3) is 0 Å². The molecule has 1 aromatic rings. The molecule has 1 aliphatic rings. The van der Waals surface area contributed by atoms with E-state index in [1.165, 1.54) is 36.1 Å². The Hall–Kier alpha value is -0.340. The van der Waals surface area contributed by atoms with Gasteiger partial charge in [0.25, 0.3) is 0 Å². The van der Waals surface area contributed by atoms with E-state index in [4.69, 9.17) is 0 Å². The van der Waals surface area contributed by atoms with Crippen molar-refractivity contribution in [3.63, 3.8) is 0 Å². The zero-order valence-electron chi connectivity index (χ0n) is 11.5. The Morgan fingerprint density at radius 2 is 1.88 bits per heavy atom. The summed E-state index contributed by atoms with van der Waals surface area (Å²) in [6.45, 7) is 6.86. The van der Waals surface area contributed by atoms with E-state index < -0.39 is 0 Å². The second-order valence-corrected chi connectivity index (χ2v) is 6.96. The molecule has 2 rings (SSSR count). The standard InChI is InChI=1S/C15H25NS/c1-10-5-7-13(8-6-10)15(16-4)14-9-11(2)12(3)17-14/h9-10,13,15-16H,5-8H2,1-4H3. The van der Waals surface area contributed by atoms with Crippen LogP contribution in [0.1, 0.15) is 54.0 Å². The Labute approximate surface area is 110 Å². The molecule has 0 aromatic carbocycles. The molecule has 1 aliphatic carbocycles. The number of hydrogen-bond acceptors (Lipinski definition) is 2. The van der Waals surface area contributed by atoms with Crippen molar-refractivity contribution in [2.75, 3.05) is 7.05 Å². The van der Waals surface area contributed by atoms with Crippen molar-refractivity contribution in [2.45, 2.75) is 52.5 Å². The second-order valence-electron chi connectivity index (χ2n) is 5.67. The van der Waals surface area contributed by atoms with Crippen molar-refractivity contribution in [1.82, 2.24) is 5.32 Å². The molecule has 0 spiro atoms. The van der Waals surface area contributed by atoms with Crippen LogP contribution in [-0.2, 0) is 0 Å². The summed E-state index contributed by atoms with van der Waals surface area (Å²) in [7, 11) is 2.12. The van der Waals surface area contributed by atoms with Gasteiger partial charge in [0.15, 0.2) is 0 Å². The maximum absolute atomic E-state index is 3.55. The van der Waals surface area contributed by atoms with Crippen molar-refractivity contribution in [2.24, 2.45) is 11.8 Å². The lowest BCUT2D eigenvalue weighted by atomic mass is 9.79. The summed E-state index contributed by atoms with van der Waals surface area (Å²) in [4.78, 5) is 3.02. The Kier molecular flexibility index (Phi) is 4.26. The van der Waals surface area contributed by atoms with Gasteiger partial charge in [0.05, 0.1) is 0 Å². The normalized spacial score (nSPS) is 27.1. The summed E-state index contributed by atoms with van der Waals surface area (Å²) < 4.78 is 0. The van der Waals surface area contributed by atoms with Gasteiger partial charge in [-0.2, -0.15) is 0 Å². The summed E-state index contributed by atoms with van der Waals surface area (Å²) >= 11 is 1.98. The first kappa shape index (κ1) is 13.1. The molecule has 96 valence electrons. The fraction of sp³-hybridized carbons (Fsp3) is 0.733. The molecule has 1 heterocycles. The van der Waals surface area contributed by atoms with Crippen molar-refractivity contribution >= 4 is 11.3 Å². The van der Waals surface area contributed by atoms with E-state index in [0.29, 0.717) is 6.04 Å². The van der Waals surface area contributed by atoms with Crippen LogP contribution in [0.3, 0.4) is 0 Å². The van der Waals surface area contributed by atoms with Gasteiger partial charge in [-0.25, -0.2) is 0 Å². The molecule has 0 bridgehead atoms. The van der Waals surface area contributed by atoms with E-state index in [1.807, 2.05) is 11.3 Å². The monoisotopic (exact) mass is 251 g/mol. The van der Waals surface area contributed by atoms with E-state index in [2.05, 4.69) is 39.2 Å². The molecule has 0 amide bonds. The third kappa shape index (κ3) is 2.92. The number of hydrogen-bond donors (Lipinski definition) is 1. The highest BCUT2D eigenvalue weighted by Crippen LogP contribution is 2.39. The average Bonchev–Trinajstić information content (AvgIpc) is 2.63. The molecule has 0 aliphatic heterocycles. The van der Waals surface area contributed by atoms with Gasteiger partial charge in [-0.1, -0.05) is 19.8 Å². The maximum atomic E-state index is 3.55. The van der Waals surface area contributed by atoms with Crippen molar-refractivity contribution < 1.29 is 0 Å². The summed E-state index contributed by atoms with van der Waals surface area (Å²) in [5.74, 6) is 1.78. The van der Waals surface area contributed by atoms with E-state index in [9.17, 15) is 0 Å². The first-order chi connectivity index (χ1) is 8.11. The highest BCUT2D eigenvalue weighted by molar-refractivity contribution is 7.12. The fourth-order valence-electron chi connectivity index (χ4n) is 2.98. The van der Waals surface area contributed by atoms with Gasteiger partial charge in [-0.3, -0.25) is 0 Å². The summed E-state index contributed by atoms with van der Waals surface area (Å²) in [5, 5.41) is 3.55. The summed E-state index contributed by atoms with van der Waals surface area (Å²) in [6.07, 6.45) is 5.60. The molecule has 1 nitrogen and oxygen atoms in total.